The second-order valence-corrected chi connectivity index (χ2v) is 4.75. The molecular weight excluding hydrogens is 240 g/mol. The van der Waals surface area contributed by atoms with Gasteiger partial charge < -0.3 is 15.4 Å². The Morgan fingerprint density at radius 1 is 1.26 bits per heavy atom. The zero-order chi connectivity index (χ0) is 14.3. The minimum atomic E-state index is 0.0368. The lowest BCUT2D eigenvalue weighted by molar-refractivity contribution is -0.120. The summed E-state index contributed by atoms with van der Waals surface area (Å²) in [5, 5.41) is 6.15. The van der Waals surface area contributed by atoms with Crippen molar-refractivity contribution >= 4 is 5.91 Å². The van der Waals surface area contributed by atoms with Gasteiger partial charge >= 0.3 is 0 Å². The highest BCUT2D eigenvalue weighted by molar-refractivity contribution is 5.78. The molecule has 4 nitrogen and oxygen atoms in total. The number of carbonyl (C=O) groups is 1. The van der Waals surface area contributed by atoms with Gasteiger partial charge in [0.25, 0.3) is 0 Å². The van der Waals surface area contributed by atoms with Crippen molar-refractivity contribution in [2.45, 2.75) is 39.3 Å². The first-order valence-corrected chi connectivity index (χ1v) is 6.73. The molecule has 4 heteroatoms. The van der Waals surface area contributed by atoms with E-state index in [1.165, 1.54) is 0 Å². The van der Waals surface area contributed by atoms with Crippen LogP contribution in [0.2, 0.25) is 0 Å². The summed E-state index contributed by atoms with van der Waals surface area (Å²) >= 11 is 0. The molecular formula is C15H24N2O2. The van der Waals surface area contributed by atoms with Gasteiger partial charge in [0.05, 0.1) is 13.7 Å². The van der Waals surface area contributed by atoms with Crippen molar-refractivity contribution in [3.63, 3.8) is 0 Å². The number of rotatable bonds is 7. The maximum atomic E-state index is 11.7. The van der Waals surface area contributed by atoms with Gasteiger partial charge in [-0.1, -0.05) is 19.1 Å². The molecule has 0 fully saturated rings. The van der Waals surface area contributed by atoms with Crippen molar-refractivity contribution in [1.29, 1.82) is 0 Å². The van der Waals surface area contributed by atoms with Crippen LogP contribution in [0.4, 0.5) is 0 Å². The lowest BCUT2D eigenvalue weighted by atomic mass is 10.1. The highest BCUT2D eigenvalue weighted by atomic mass is 16.5. The van der Waals surface area contributed by atoms with Gasteiger partial charge in [0, 0.05) is 12.1 Å². The molecule has 0 aromatic heterocycles. The monoisotopic (exact) mass is 264 g/mol. The molecule has 0 saturated heterocycles. The summed E-state index contributed by atoms with van der Waals surface area (Å²) < 4.78 is 5.12. The van der Waals surface area contributed by atoms with Gasteiger partial charge in [-0.3, -0.25) is 4.79 Å². The minimum absolute atomic E-state index is 0.0368. The van der Waals surface area contributed by atoms with Crippen molar-refractivity contribution in [3.05, 3.63) is 29.8 Å². The number of carbonyl (C=O) groups excluding carboxylic acids is 1. The Morgan fingerprint density at radius 3 is 2.42 bits per heavy atom. The lowest BCUT2D eigenvalue weighted by Crippen LogP contribution is -2.39. The molecule has 1 amide bonds. The van der Waals surface area contributed by atoms with Gasteiger partial charge in [0.15, 0.2) is 0 Å². The van der Waals surface area contributed by atoms with Gasteiger partial charge in [-0.05, 0) is 38.0 Å². The molecule has 2 N–H and O–H groups in total. The average molecular weight is 264 g/mol. The first kappa shape index (κ1) is 15.5. The summed E-state index contributed by atoms with van der Waals surface area (Å²) in [6, 6.07) is 8.21. The van der Waals surface area contributed by atoms with Crippen molar-refractivity contribution < 1.29 is 9.53 Å². The second-order valence-electron chi connectivity index (χ2n) is 4.75. The van der Waals surface area contributed by atoms with E-state index in [1.807, 2.05) is 38.1 Å². The topological polar surface area (TPSA) is 50.4 Å². The number of ether oxygens (including phenoxy) is 1. The van der Waals surface area contributed by atoms with Crippen molar-refractivity contribution in [1.82, 2.24) is 10.6 Å². The number of methoxy groups -OCH3 is 1. The molecule has 0 saturated carbocycles. The largest absolute Gasteiger partial charge is 0.497 e. The molecule has 0 bridgehead atoms. The third kappa shape index (κ3) is 5.30. The predicted molar refractivity (Wildman–Crippen MR) is 77.3 cm³/mol. The van der Waals surface area contributed by atoms with E-state index in [0.717, 1.165) is 17.7 Å². The lowest BCUT2D eigenvalue weighted by Gasteiger charge is -2.16. The van der Waals surface area contributed by atoms with Crippen LogP contribution >= 0.6 is 0 Å². The number of hydrogen-bond acceptors (Lipinski definition) is 3. The fourth-order valence-corrected chi connectivity index (χ4v) is 1.68. The van der Waals surface area contributed by atoms with Crippen LogP contribution in [-0.2, 0) is 4.79 Å². The summed E-state index contributed by atoms with van der Waals surface area (Å²) in [7, 11) is 1.65. The minimum Gasteiger partial charge on any atom is -0.497 e. The highest BCUT2D eigenvalue weighted by Gasteiger charge is 2.09. The normalized spacial score (nSPS) is 13.7. The summed E-state index contributed by atoms with van der Waals surface area (Å²) in [6.07, 6.45) is 0.944. The molecule has 0 aliphatic carbocycles. The molecule has 0 aliphatic rings. The Bertz CT molecular complexity index is 390. The van der Waals surface area contributed by atoms with E-state index < -0.39 is 0 Å². The van der Waals surface area contributed by atoms with Gasteiger partial charge in [0.1, 0.15) is 5.75 Å². The SMILES string of the molecule is CCC(C)NC(=O)CN[C@H](C)c1ccc(OC)cc1. The van der Waals surface area contributed by atoms with Gasteiger partial charge in [-0.25, -0.2) is 0 Å². The standard InChI is InChI=1S/C15H24N2O2/c1-5-11(2)17-15(18)10-16-12(3)13-6-8-14(19-4)9-7-13/h6-9,11-12,16H,5,10H2,1-4H3,(H,17,18)/t11?,12-/m1/s1. The molecule has 1 aromatic rings. The summed E-state index contributed by atoms with van der Waals surface area (Å²) in [6.45, 7) is 6.43. The molecule has 0 aliphatic heterocycles. The van der Waals surface area contributed by atoms with E-state index in [-0.39, 0.29) is 18.0 Å². The molecule has 1 unspecified atom stereocenters. The summed E-state index contributed by atoms with van der Waals surface area (Å²) in [5.41, 5.74) is 1.14. The van der Waals surface area contributed by atoms with Gasteiger partial charge in [0.2, 0.25) is 5.91 Å². The Kier molecular flexibility index (Phi) is 6.36. The van der Waals surface area contributed by atoms with E-state index in [0.29, 0.717) is 6.54 Å². The van der Waals surface area contributed by atoms with Crippen molar-refractivity contribution in [2.24, 2.45) is 0 Å². The maximum absolute atomic E-state index is 11.7. The third-order valence-corrected chi connectivity index (χ3v) is 3.20. The van der Waals surface area contributed by atoms with Crippen LogP contribution in [0.3, 0.4) is 0 Å². The Balaban J connectivity index is 2.41. The average Bonchev–Trinajstić information content (AvgIpc) is 2.44. The number of amides is 1. The molecule has 0 heterocycles. The van der Waals surface area contributed by atoms with Crippen LogP contribution in [0, 0.1) is 0 Å². The van der Waals surface area contributed by atoms with Crippen LogP contribution in [0.5, 0.6) is 5.75 Å². The second kappa shape index (κ2) is 7.79. The molecule has 0 radical (unpaired) electrons. The summed E-state index contributed by atoms with van der Waals surface area (Å²) in [4.78, 5) is 11.7. The molecule has 0 spiro atoms. The van der Waals surface area contributed by atoms with E-state index in [9.17, 15) is 4.79 Å². The van der Waals surface area contributed by atoms with Crippen LogP contribution in [0.15, 0.2) is 24.3 Å². The number of hydrogen-bond donors (Lipinski definition) is 2. The Labute approximate surface area is 115 Å². The van der Waals surface area contributed by atoms with E-state index in [2.05, 4.69) is 17.6 Å². The molecule has 19 heavy (non-hydrogen) atoms. The highest BCUT2D eigenvalue weighted by Crippen LogP contribution is 2.16. The zero-order valence-corrected chi connectivity index (χ0v) is 12.2. The Morgan fingerprint density at radius 2 is 1.89 bits per heavy atom. The van der Waals surface area contributed by atoms with Crippen LogP contribution in [0.25, 0.3) is 0 Å². The summed E-state index contributed by atoms with van der Waals surface area (Å²) in [5.74, 6) is 0.875. The molecule has 2 atom stereocenters. The van der Waals surface area contributed by atoms with Crippen molar-refractivity contribution in [2.75, 3.05) is 13.7 Å². The molecule has 1 aromatic carbocycles. The van der Waals surface area contributed by atoms with Crippen LogP contribution < -0.4 is 15.4 Å². The fourth-order valence-electron chi connectivity index (χ4n) is 1.68. The zero-order valence-electron chi connectivity index (χ0n) is 12.2. The Hall–Kier alpha value is -1.55. The quantitative estimate of drug-likeness (QED) is 0.794. The van der Waals surface area contributed by atoms with Gasteiger partial charge in [-0.15, -0.1) is 0 Å². The predicted octanol–water partition coefficient (Wildman–Crippen LogP) is 2.26. The molecule has 1 rings (SSSR count). The third-order valence-electron chi connectivity index (χ3n) is 3.20. The number of benzene rings is 1. The first-order chi connectivity index (χ1) is 9.06. The van der Waals surface area contributed by atoms with E-state index in [4.69, 9.17) is 4.74 Å². The fraction of sp³-hybridized carbons (Fsp3) is 0.533. The van der Waals surface area contributed by atoms with E-state index in [1.54, 1.807) is 7.11 Å². The van der Waals surface area contributed by atoms with Crippen molar-refractivity contribution in [3.8, 4) is 5.75 Å². The number of nitrogens with one attached hydrogen (secondary N) is 2. The van der Waals surface area contributed by atoms with Crippen LogP contribution in [0.1, 0.15) is 38.8 Å². The van der Waals surface area contributed by atoms with Gasteiger partial charge in [-0.2, -0.15) is 0 Å². The first-order valence-electron chi connectivity index (χ1n) is 6.73. The maximum Gasteiger partial charge on any atom is 0.234 e. The van der Waals surface area contributed by atoms with E-state index >= 15 is 0 Å². The smallest absolute Gasteiger partial charge is 0.234 e. The molecule has 106 valence electrons. The van der Waals surface area contributed by atoms with Crippen LogP contribution in [-0.4, -0.2) is 25.6 Å².